The Morgan fingerprint density at radius 3 is 2.54 bits per heavy atom. The van der Waals surface area contributed by atoms with E-state index in [2.05, 4.69) is 10.2 Å². The van der Waals surface area contributed by atoms with Crippen LogP contribution < -0.4 is 11.1 Å². The number of likely N-dealkylation sites (tertiary alicyclic amines) is 1. The van der Waals surface area contributed by atoms with E-state index < -0.39 is 0 Å². The van der Waals surface area contributed by atoms with Crippen LogP contribution in [0.3, 0.4) is 0 Å². The second-order valence-corrected chi connectivity index (χ2v) is 6.29. The van der Waals surface area contributed by atoms with Crippen LogP contribution in [0.15, 0.2) is 18.2 Å². The maximum absolute atomic E-state index is 14.2. The van der Waals surface area contributed by atoms with Crippen LogP contribution in [0.4, 0.5) is 4.39 Å². The lowest BCUT2D eigenvalue weighted by Crippen LogP contribution is -2.38. The van der Waals surface area contributed by atoms with Crippen molar-refractivity contribution < 1.29 is 9.18 Å². The standard InChI is InChI=1S/C16H23ClFN3O.2ClH/c1-11(19)9-15(22)20-10-14(21-7-2-3-8-21)16-12(17)5-4-6-13(16)18;;/h4-6,11,14H,2-3,7-10,19H2,1H3,(H,20,22);2*1H. The molecule has 0 bridgehead atoms. The first kappa shape index (κ1) is 23.4. The minimum atomic E-state index is -0.328. The molecule has 1 amide bonds. The number of hydrogen-bond donors (Lipinski definition) is 2. The summed E-state index contributed by atoms with van der Waals surface area (Å²) in [7, 11) is 0. The highest BCUT2D eigenvalue weighted by Gasteiger charge is 2.28. The van der Waals surface area contributed by atoms with Crippen molar-refractivity contribution >= 4 is 42.3 Å². The van der Waals surface area contributed by atoms with E-state index in [1.807, 2.05) is 0 Å². The van der Waals surface area contributed by atoms with E-state index in [0.29, 0.717) is 17.1 Å². The lowest BCUT2D eigenvalue weighted by Gasteiger charge is -2.29. The Balaban J connectivity index is 0.00000264. The first-order valence-electron chi connectivity index (χ1n) is 7.69. The Morgan fingerprint density at radius 1 is 1.38 bits per heavy atom. The molecule has 8 heteroatoms. The summed E-state index contributed by atoms with van der Waals surface area (Å²) in [5, 5.41) is 3.26. The zero-order valence-corrected chi connectivity index (χ0v) is 16.0. The molecule has 1 heterocycles. The molecule has 0 aromatic heterocycles. The summed E-state index contributed by atoms with van der Waals surface area (Å²) in [4.78, 5) is 14.0. The molecule has 1 aliphatic rings. The van der Waals surface area contributed by atoms with Crippen LogP contribution in [-0.2, 0) is 4.79 Å². The molecule has 1 aromatic rings. The van der Waals surface area contributed by atoms with Gasteiger partial charge in [-0.05, 0) is 45.0 Å². The molecule has 2 rings (SSSR count). The quantitative estimate of drug-likeness (QED) is 0.770. The third-order valence-electron chi connectivity index (χ3n) is 3.91. The number of nitrogens with two attached hydrogens (primary N) is 1. The molecule has 0 saturated carbocycles. The molecule has 2 unspecified atom stereocenters. The summed E-state index contributed by atoms with van der Waals surface area (Å²) < 4.78 is 14.2. The van der Waals surface area contributed by atoms with E-state index in [4.69, 9.17) is 17.3 Å². The molecule has 1 aliphatic heterocycles. The van der Waals surface area contributed by atoms with Gasteiger partial charge in [0.2, 0.25) is 5.91 Å². The van der Waals surface area contributed by atoms with Crippen molar-refractivity contribution in [3.63, 3.8) is 0 Å². The smallest absolute Gasteiger partial charge is 0.221 e. The van der Waals surface area contributed by atoms with Gasteiger partial charge < -0.3 is 11.1 Å². The van der Waals surface area contributed by atoms with Gasteiger partial charge in [-0.2, -0.15) is 0 Å². The van der Waals surface area contributed by atoms with Gasteiger partial charge in [0, 0.05) is 29.6 Å². The number of carbonyl (C=O) groups is 1. The van der Waals surface area contributed by atoms with Gasteiger partial charge in [0.15, 0.2) is 0 Å². The lowest BCUT2D eigenvalue weighted by atomic mass is 10.0. The van der Waals surface area contributed by atoms with Crippen LogP contribution in [0.5, 0.6) is 0 Å². The predicted molar refractivity (Wildman–Crippen MR) is 101 cm³/mol. The highest BCUT2D eigenvalue weighted by atomic mass is 35.5. The monoisotopic (exact) mass is 399 g/mol. The highest BCUT2D eigenvalue weighted by Crippen LogP contribution is 2.31. The van der Waals surface area contributed by atoms with E-state index in [1.54, 1.807) is 19.1 Å². The number of halogens is 4. The number of hydrogen-bond acceptors (Lipinski definition) is 3. The maximum Gasteiger partial charge on any atom is 0.221 e. The average molecular weight is 401 g/mol. The summed E-state index contributed by atoms with van der Waals surface area (Å²) in [5.74, 6) is -0.447. The van der Waals surface area contributed by atoms with Gasteiger partial charge in [0.25, 0.3) is 0 Å². The molecule has 1 fully saturated rings. The van der Waals surface area contributed by atoms with Gasteiger partial charge in [-0.1, -0.05) is 17.7 Å². The zero-order valence-electron chi connectivity index (χ0n) is 13.6. The van der Waals surface area contributed by atoms with Crippen LogP contribution in [-0.4, -0.2) is 36.5 Å². The molecule has 24 heavy (non-hydrogen) atoms. The molecule has 3 N–H and O–H groups in total. The van der Waals surface area contributed by atoms with Crippen molar-refractivity contribution in [3.8, 4) is 0 Å². The molecule has 0 aliphatic carbocycles. The fourth-order valence-corrected chi connectivity index (χ4v) is 3.16. The Kier molecular flexibility index (Phi) is 10.8. The SMILES string of the molecule is CC(N)CC(=O)NCC(c1c(F)cccc1Cl)N1CCCC1.Cl.Cl. The van der Waals surface area contributed by atoms with Crippen molar-refractivity contribution in [1.29, 1.82) is 0 Å². The summed E-state index contributed by atoms with van der Waals surface area (Å²) in [6, 6.07) is 4.26. The average Bonchev–Trinajstić information content (AvgIpc) is 2.95. The van der Waals surface area contributed by atoms with Crippen LogP contribution in [0.2, 0.25) is 5.02 Å². The van der Waals surface area contributed by atoms with Crippen molar-refractivity contribution in [1.82, 2.24) is 10.2 Å². The third kappa shape index (κ3) is 6.37. The molecule has 4 nitrogen and oxygen atoms in total. The van der Waals surface area contributed by atoms with E-state index in [1.165, 1.54) is 6.07 Å². The normalized spacial score (nSPS) is 16.7. The predicted octanol–water partition coefficient (Wildman–Crippen LogP) is 3.31. The number of nitrogens with zero attached hydrogens (tertiary/aromatic N) is 1. The van der Waals surface area contributed by atoms with Crippen molar-refractivity contribution in [2.75, 3.05) is 19.6 Å². The van der Waals surface area contributed by atoms with Gasteiger partial charge >= 0.3 is 0 Å². The summed E-state index contributed by atoms with van der Waals surface area (Å²) >= 11 is 6.20. The third-order valence-corrected chi connectivity index (χ3v) is 4.24. The van der Waals surface area contributed by atoms with Gasteiger partial charge in [0.1, 0.15) is 5.82 Å². The number of nitrogens with one attached hydrogen (secondary N) is 1. The molecular formula is C16H25Cl3FN3O. The molecule has 138 valence electrons. The summed E-state index contributed by atoms with van der Waals surface area (Å²) in [6.07, 6.45) is 2.42. The second kappa shape index (κ2) is 11.1. The fourth-order valence-electron chi connectivity index (χ4n) is 2.87. The zero-order chi connectivity index (χ0) is 16.1. The van der Waals surface area contributed by atoms with Crippen LogP contribution in [0.25, 0.3) is 0 Å². The minimum absolute atomic E-state index is 0. The number of rotatable bonds is 6. The van der Waals surface area contributed by atoms with Gasteiger partial charge in [-0.25, -0.2) is 4.39 Å². The van der Waals surface area contributed by atoms with Gasteiger partial charge in [-0.3, -0.25) is 9.69 Å². The second-order valence-electron chi connectivity index (χ2n) is 5.88. The van der Waals surface area contributed by atoms with E-state index >= 15 is 0 Å². The fraction of sp³-hybridized carbons (Fsp3) is 0.562. The Morgan fingerprint density at radius 2 is 2.00 bits per heavy atom. The maximum atomic E-state index is 14.2. The molecule has 0 spiro atoms. The Labute approximate surface area is 160 Å². The largest absolute Gasteiger partial charge is 0.354 e. The molecule has 1 aromatic carbocycles. The topological polar surface area (TPSA) is 58.4 Å². The van der Waals surface area contributed by atoms with E-state index in [-0.39, 0.29) is 55.0 Å². The first-order chi connectivity index (χ1) is 10.5. The Bertz CT molecular complexity index is 505. The first-order valence-corrected chi connectivity index (χ1v) is 8.07. The van der Waals surface area contributed by atoms with Crippen LogP contribution in [0.1, 0.15) is 37.8 Å². The van der Waals surface area contributed by atoms with Crippen molar-refractivity contribution in [2.45, 2.75) is 38.3 Å². The summed E-state index contributed by atoms with van der Waals surface area (Å²) in [6.45, 7) is 3.90. The number of carbonyl (C=O) groups excluding carboxylic acids is 1. The van der Waals surface area contributed by atoms with Crippen LogP contribution in [0, 0.1) is 5.82 Å². The number of amides is 1. The van der Waals surface area contributed by atoms with E-state index in [0.717, 1.165) is 25.9 Å². The van der Waals surface area contributed by atoms with Gasteiger partial charge in [-0.15, -0.1) is 24.8 Å². The van der Waals surface area contributed by atoms with E-state index in [9.17, 15) is 9.18 Å². The number of benzene rings is 1. The lowest BCUT2D eigenvalue weighted by molar-refractivity contribution is -0.121. The molecule has 1 saturated heterocycles. The van der Waals surface area contributed by atoms with Crippen molar-refractivity contribution in [3.05, 3.63) is 34.6 Å². The molecular weight excluding hydrogens is 376 g/mol. The minimum Gasteiger partial charge on any atom is -0.354 e. The molecule has 0 radical (unpaired) electrons. The summed E-state index contributed by atoms with van der Waals surface area (Å²) in [5.41, 5.74) is 6.09. The molecule has 2 atom stereocenters. The van der Waals surface area contributed by atoms with Gasteiger partial charge in [0.05, 0.1) is 6.04 Å². The highest BCUT2D eigenvalue weighted by molar-refractivity contribution is 6.31. The Hall–Kier alpha value is -0.590. The van der Waals surface area contributed by atoms with Crippen LogP contribution >= 0.6 is 36.4 Å². The van der Waals surface area contributed by atoms with Crippen molar-refractivity contribution in [2.24, 2.45) is 5.73 Å².